The van der Waals surface area contributed by atoms with Gasteiger partial charge in [0.05, 0.1) is 19.1 Å². The molecule has 1 saturated carbocycles. The van der Waals surface area contributed by atoms with E-state index in [0.717, 1.165) is 30.6 Å². The third kappa shape index (κ3) is 2.78. The summed E-state index contributed by atoms with van der Waals surface area (Å²) in [6.45, 7) is 0. The fraction of sp³-hybridized carbons (Fsp3) is 0.500. The van der Waals surface area contributed by atoms with Crippen LogP contribution in [0.2, 0.25) is 0 Å². The molecule has 0 aromatic heterocycles. The number of para-hydroxylation sites is 1. The van der Waals surface area contributed by atoms with Crippen molar-refractivity contribution in [2.24, 2.45) is 0 Å². The summed E-state index contributed by atoms with van der Waals surface area (Å²) < 4.78 is 5.24. The van der Waals surface area contributed by atoms with Gasteiger partial charge in [0.15, 0.2) is 0 Å². The van der Waals surface area contributed by atoms with Crippen molar-refractivity contribution in [3.8, 4) is 5.75 Å². The summed E-state index contributed by atoms with van der Waals surface area (Å²) in [5.41, 5.74) is 0.738. The van der Waals surface area contributed by atoms with Crippen LogP contribution in [-0.2, 0) is 11.2 Å². The molecule has 1 aromatic carbocycles. The molecule has 4 heteroatoms. The second-order valence-corrected chi connectivity index (χ2v) is 5.07. The van der Waals surface area contributed by atoms with E-state index in [1.165, 1.54) is 0 Å². The van der Waals surface area contributed by atoms with Crippen molar-refractivity contribution in [1.82, 2.24) is 5.32 Å². The molecular weight excluding hydrogens is 250 g/mol. The van der Waals surface area contributed by atoms with Crippen molar-refractivity contribution in [1.29, 1.82) is 0 Å². The largest absolute Gasteiger partial charge is 0.496 e. The molecule has 1 amide bonds. The molecule has 0 heterocycles. The average molecular weight is 268 g/mol. The number of halogens is 1. The van der Waals surface area contributed by atoms with E-state index in [-0.39, 0.29) is 11.4 Å². The molecule has 0 saturated heterocycles. The quantitative estimate of drug-likeness (QED) is 0.833. The number of ether oxygens (including phenoxy) is 1. The fourth-order valence-corrected chi connectivity index (χ4v) is 2.59. The summed E-state index contributed by atoms with van der Waals surface area (Å²) in [5, 5.41) is 3.05. The lowest BCUT2D eigenvalue weighted by Crippen LogP contribution is -2.55. The maximum Gasteiger partial charge on any atom is 0.225 e. The van der Waals surface area contributed by atoms with E-state index < -0.39 is 0 Å². The number of rotatable bonds is 5. The van der Waals surface area contributed by atoms with Crippen LogP contribution in [0.4, 0.5) is 0 Å². The number of methoxy groups -OCH3 is 1. The topological polar surface area (TPSA) is 38.3 Å². The number of carbonyl (C=O) groups excluding carboxylic acids is 1. The van der Waals surface area contributed by atoms with Crippen LogP contribution in [0.3, 0.4) is 0 Å². The first kappa shape index (κ1) is 13.2. The Labute approximate surface area is 112 Å². The van der Waals surface area contributed by atoms with Gasteiger partial charge >= 0.3 is 0 Å². The van der Waals surface area contributed by atoms with E-state index in [1.807, 2.05) is 24.3 Å². The Morgan fingerprint density at radius 1 is 1.44 bits per heavy atom. The summed E-state index contributed by atoms with van der Waals surface area (Å²) in [6.07, 6.45) is 3.44. The van der Waals surface area contributed by atoms with E-state index in [9.17, 15) is 4.79 Å². The van der Waals surface area contributed by atoms with Crippen LogP contribution in [0.5, 0.6) is 5.75 Å². The molecule has 1 aliphatic rings. The molecule has 0 bridgehead atoms. The number of benzene rings is 1. The minimum atomic E-state index is -0.166. The molecule has 2 rings (SSSR count). The van der Waals surface area contributed by atoms with Gasteiger partial charge in [0.2, 0.25) is 5.91 Å². The standard InChI is InChI=1S/C14H18ClNO2/c1-18-12-6-3-2-5-11(12)9-13(17)16-14(10-15)7-4-8-14/h2-3,5-6H,4,7-10H2,1H3,(H,16,17). The van der Waals surface area contributed by atoms with Gasteiger partial charge < -0.3 is 10.1 Å². The molecule has 0 atom stereocenters. The van der Waals surface area contributed by atoms with E-state index in [0.29, 0.717) is 12.3 Å². The van der Waals surface area contributed by atoms with Gasteiger partial charge in [0.25, 0.3) is 0 Å². The zero-order valence-electron chi connectivity index (χ0n) is 10.5. The molecule has 1 N–H and O–H groups in total. The third-order valence-electron chi connectivity index (χ3n) is 3.51. The normalized spacial score (nSPS) is 16.8. The van der Waals surface area contributed by atoms with Gasteiger partial charge in [0.1, 0.15) is 5.75 Å². The fourth-order valence-electron chi connectivity index (χ4n) is 2.26. The zero-order chi connectivity index (χ0) is 13.0. The van der Waals surface area contributed by atoms with Gasteiger partial charge in [-0.3, -0.25) is 4.79 Å². The molecular formula is C14H18ClNO2. The molecule has 0 unspecified atom stereocenters. The maximum absolute atomic E-state index is 12.0. The van der Waals surface area contributed by atoms with Gasteiger partial charge in [0, 0.05) is 11.4 Å². The molecule has 98 valence electrons. The predicted molar refractivity (Wildman–Crippen MR) is 72.1 cm³/mol. The van der Waals surface area contributed by atoms with Gasteiger partial charge in [-0.05, 0) is 25.3 Å². The lowest BCUT2D eigenvalue weighted by Gasteiger charge is -2.41. The SMILES string of the molecule is COc1ccccc1CC(=O)NC1(CCl)CCC1. The average Bonchev–Trinajstić information content (AvgIpc) is 2.34. The number of carbonyl (C=O) groups is 1. The first-order valence-corrected chi connectivity index (χ1v) is 6.71. The molecule has 1 aliphatic carbocycles. The van der Waals surface area contributed by atoms with Crippen LogP contribution >= 0.6 is 11.6 Å². The van der Waals surface area contributed by atoms with Gasteiger partial charge in [-0.2, -0.15) is 0 Å². The Hall–Kier alpha value is -1.22. The monoisotopic (exact) mass is 267 g/mol. The smallest absolute Gasteiger partial charge is 0.225 e. The van der Waals surface area contributed by atoms with Crippen LogP contribution in [0, 0.1) is 0 Å². The highest BCUT2D eigenvalue weighted by Crippen LogP contribution is 2.33. The van der Waals surface area contributed by atoms with Crippen molar-refractivity contribution < 1.29 is 9.53 Å². The van der Waals surface area contributed by atoms with Gasteiger partial charge in [-0.25, -0.2) is 0 Å². The van der Waals surface area contributed by atoms with E-state index >= 15 is 0 Å². The third-order valence-corrected chi connectivity index (χ3v) is 4.03. The van der Waals surface area contributed by atoms with Crippen LogP contribution in [0.1, 0.15) is 24.8 Å². The highest BCUT2D eigenvalue weighted by Gasteiger charge is 2.37. The summed E-state index contributed by atoms with van der Waals surface area (Å²) in [4.78, 5) is 12.0. The number of hydrogen-bond acceptors (Lipinski definition) is 2. The Bertz CT molecular complexity index is 424. The summed E-state index contributed by atoms with van der Waals surface area (Å²) in [5.74, 6) is 1.26. The highest BCUT2D eigenvalue weighted by atomic mass is 35.5. The van der Waals surface area contributed by atoms with Gasteiger partial charge in [-0.15, -0.1) is 11.6 Å². The number of alkyl halides is 1. The van der Waals surface area contributed by atoms with Crippen molar-refractivity contribution in [3.63, 3.8) is 0 Å². The molecule has 0 spiro atoms. The number of hydrogen-bond donors (Lipinski definition) is 1. The lowest BCUT2D eigenvalue weighted by atomic mass is 9.78. The minimum absolute atomic E-state index is 0.0138. The second-order valence-electron chi connectivity index (χ2n) is 4.80. The number of amides is 1. The summed E-state index contributed by atoms with van der Waals surface area (Å²) in [7, 11) is 1.61. The van der Waals surface area contributed by atoms with E-state index in [1.54, 1.807) is 7.11 Å². The Kier molecular flexibility index (Phi) is 4.12. The van der Waals surface area contributed by atoms with Crippen molar-refractivity contribution in [2.45, 2.75) is 31.2 Å². The first-order chi connectivity index (χ1) is 8.69. The first-order valence-electron chi connectivity index (χ1n) is 6.18. The molecule has 0 aliphatic heterocycles. The Morgan fingerprint density at radius 3 is 2.72 bits per heavy atom. The molecule has 1 aromatic rings. The predicted octanol–water partition coefficient (Wildman–Crippen LogP) is 2.52. The van der Waals surface area contributed by atoms with E-state index in [4.69, 9.17) is 16.3 Å². The van der Waals surface area contributed by atoms with Crippen LogP contribution < -0.4 is 10.1 Å². The second kappa shape index (κ2) is 5.61. The van der Waals surface area contributed by atoms with Crippen LogP contribution in [-0.4, -0.2) is 24.4 Å². The maximum atomic E-state index is 12.0. The summed E-state index contributed by atoms with van der Waals surface area (Å²) in [6, 6.07) is 7.58. The Balaban J connectivity index is 1.98. The Morgan fingerprint density at radius 2 is 2.17 bits per heavy atom. The van der Waals surface area contributed by atoms with Crippen molar-refractivity contribution in [3.05, 3.63) is 29.8 Å². The van der Waals surface area contributed by atoms with Crippen LogP contribution in [0.15, 0.2) is 24.3 Å². The van der Waals surface area contributed by atoms with Crippen molar-refractivity contribution in [2.75, 3.05) is 13.0 Å². The molecule has 1 fully saturated rings. The number of nitrogens with one attached hydrogen (secondary N) is 1. The highest BCUT2D eigenvalue weighted by molar-refractivity contribution is 6.18. The molecule has 18 heavy (non-hydrogen) atoms. The molecule has 0 radical (unpaired) electrons. The van der Waals surface area contributed by atoms with E-state index in [2.05, 4.69) is 5.32 Å². The zero-order valence-corrected chi connectivity index (χ0v) is 11.3. The lowest BCUT2D eigenvalue weighted by molar-refractivity contribution is -0.123. The van der Waals surface area contributed by atoms with Crippen LogP contribution in [0.25, 0.3) is 0 Å². The summed E-state index contributed by atoms with van der Waals surface area (Å²) >= 11 is 5.93. The van der Waals surface area contributed by atoms with Gasteiger partial charge in [-0.1, -0.05) is 18.2 Å². The minimum Gasteiger partial charge on any atom is -0.496 e. The molecule has 3 nitrogen and oxygen atoms in total. The van der Waals surface area contributed by atoms with Crippen molar-refractivity contribution >= 4 is 17.5 Å².